The van der Waals surface area contributed by atoms with Crippen LogP contribution in [0.15, 0.2) is 42.5 Å². The molecule has 0 bridgehead atoms. The van der Waals surface area contributed by atoms with E-state index < -0.39 is 0 Å². The van der Waals surface area contributed by atoms with Gasteiger partial charge in [0.05, 0.1) is 0 Å². The van der Waals surface area contributed by atoms with E-state index in [1.807, 2.05) is 30.3 Å². The van der Waals surface area contributed by atoms with E-state index in [1.165, 1.54) is 0 Å². The van der Waals surface area contributed by atoms with Crippen LogP contribution in [0.25, 0.3) is 10.8 Å². The van der Waals surface area contributed by atoms with Gasteiger partial charge in [0.1, 0.15) is 0 Å². The van der Waals surface area contributed by atoms with Crippen LogP contribution in [0.4, 0.5) is 0 Å². The summed E-state index contributed by atoms with van der Waals surface area (Å²) in [6.07, 6.45) is 0. The van der Waals surface area contributed by atoms with Crippen LogP contribution in [0.5, 0.6) is 5.75 Å². The van der Waals surface area contributed by atoms with Gasteiger partial charge in [0.25, 0.3) is 0 Å². The van der Waals surface area contributed by atoms with Crippen LogP contribution in [0.2, 0.25) is 0 Å². The fraction of sp³-hybridized carbons (Fsp3) is 0. The molecule has 0 aromatic heterocycles. The van der Waals surface area contributed by atoms with Gasteiger partial charge in [-0.2, -0.15) is 0 Å². The molecule has 2 aromatic carbocycles. The SMILES string of the molecule is [Na+].[O-]c1ccc2ccccc2c1. The predicted octanol–water partition coefficient (Wildman–Crippen LogP) is -1.08. The molecule has 0 spiro atoms. The summed E-state index contributed by atoms with van der Waals surface area (Å²) in [5, 5.41) is 13.0. The molecule has 0 saturated carbocycles. The maximum absolute atomic E-state index is 10.9. The number of fused-ring (bicyclic) bond motifs is 1. The first-order valence-electron chi connectivity index (χ1n) is 3.52. The smallest absolute Gasteiger partial charge is 0.872 e. The summed E-state index contributed by atoms with van der Waals surface area (Å²) in [5.41, 5.74) is 0. The molecule has 2 aromatic rings. The standard InChI is InChI=1S/C10H8O.Na/c11-10-6-5-8-3-1-2-4-9(8)7-10;/h1-7,11H;/q;+1/p-1. The predicted molar refractivity (Wildman–Crippen MR) is 43.4 cm³/mol. The summed E-state index contributed by atoms with van der Waals surface area (Å²) in [6.45, 7) is 0. The van der Waals surface area contributed by atoms with E-state index in [0.717, 1.165) is 10.8 Å². The van der Waals surface area contributed by atoms with E-state index >= 15 is 0 Å². The molecule has 0 unspecified atom stereocenters. The Kier molecular flexibility index (Phi) is 3.15. The van der Waals surface area contributed by atoms with Crippen molar-refractivity contribution in [2.45, 2.75) is 0 Å². The van der Waals surface area contributed by atoms with Crippen molar-refractivity contribution in [1.29, 1.82) is 0 Å². The Morgan fingerprint density at radius 3 is 2.25 bits per heavy atom. The Labute approximate surface area is 93.3 Å². The van der Waals surface area contributed by atoms with Crippen molar-refractivity contribution in [3.05, 3.63) is 42.5 Å². The molecule has 54 valence electrons. The molecule has 1 nitrogen and oxygen atoms in total. The maximum Gasteiger partial charge on any atom is 1.00 e. The largest absolute Gasteiger partial charge is 1.00 e. The van der Waals surface area contributed by atoms with E-state index in [1.54, 1.807) is 12.1 Å². The quantitative estimate of drug-likeness (QED) is 0.456. The van der Waals surface area contributed by atoms with E-state index in [2.05, 4.69) is 0 Å². The first-order chi connectivity index (χ1) is 5.36. The number of rotatable bonds is 0. The average Bonchev–Trinajstić information content (AvgIpc) is 2.04. The van der Waals surface area contributed by atoms with Crippen molar-refractivity contribution in [3.63, 3.8) is 0 Å². The molecule has 2 heteroatoms. The fourth-order valence-corrected chi connectivity index (χ4v) is 1.17. The first kappa shape index (κ1) is 9.59. The van der Waals surface area contributed by atoms with Gasteiger partial charge in [0.15, 0.2) is 0 Å². The summed E-state index contributed by atoms with van der Waals surface area (Å²) in [4.78, 5) is 0. The second kappa shape index (κ2) is 3.94. The van der Waals surface area contributed by atoms with Crippen molar-refractivity contribution < 1.29 is 34.7 Å². The molecule has 0 heterocycles. The number of hydrogen-bond acceptors (Lipinski definition) is 1. The van der Waals surface area contributed by atoms with Crippen molar-refractivity contribution in [1.82, 2.24) is 0 Å². The summed E-state index contributed by atoms with van der Waals surface area (Å²) < 4.78 is 0. The third kappa shape index (κ3) is 1.81. The van der Waals surface area contributed by atoms with Gasteiger partial charge >= 0.3 is 29.6 Å². The Morgan fingerprint density at radius 1 is 0.833 bits per heavy atom. The first-order valence-corrected chi connectivity index (χ1v) is 3.52. The van der Waals surface area contributed by atoms with Gasteiger partial charge in [-0.25, -0.2) is 0 Å². The van der Waals surface area contributed by atoms with Crippen molar-refractivity contribution in [3.8, 4) is 5.75 Å². The maximum atomic E-state index is 10.9. The Bertz CT molecular complexity index is 384. The van der Waals surface area contributed by atoms with Crippen LogP contribution in [-0.4, -0.2) is 0 Å². The van der Waals surface area contributed by atoms with E-state index in [0.29, 0.717) is 0 Å². The molecular weight excluding hydrogens is 159 g/mol. The number of hydrogen-bond donors (Lipinski definition) is 0. The van der Waals surface area contributed by atoms with Crippen LogP contribution < -0.4 is 34.7 Å². The number of benzene rings is 2. The van der Waals surface area contributed by atoms with Gasteiger partial charge in [-0.15, -0.1) is 5.75 Å². The van der Waals surface area contributed by atoms with E-state index in [4.69, 9.17) is 0 Å². The molecule has 0 aliphatic rings. The minimum absolute atomic E-state index is 0. The minimum Gasteiger partial charge on any atom is -0.872 e. The van der Waals surface area contributed by atoms with Crippen molar-refractivity contribution in [2.24, 2.45) is 0 Å². The zero-order valence-electron chi connectivity index (χ0n) is 6.95. The van der Waals surface area contributed by atoms with Gasteiger partial charge < -0.3 is 5.11 Å². The topological polar surface area (TPSA) is 23.1 Å². The molecule has 0 fully saturated rings. The summed E-state index contributed by atoms with van der Waals surface area (Å²) >= 11 is 0. The summed E-state index contributed by atoms with van der Waals surface area (Å²) in [5.74, 6) is 0.0729. The van der Waals surface area contributed by atoms with E-state index in [9.17, 15) is 5.11 Å². The Hall–Kier alpha value is -0.500. The fourth-order valence-electron chi connectivity index (χ4n) is 1.17. The normalized spacial score (nSPS) is 9.33. The average molecular weight is 166 g/mol. The van der Waals surface area contributed by atoms with Crippen molar-refractivity contribution in [2.75, 3.05) is 0 Å². The van der Waals surface area contributed by atoms with Gasteiger partial charge in [0, 0.05) is 0 Å². The molecule has 0 N–H and O–H groups in total. The van der Waals surface area contributed by atoms with Gasteiger partial charge in [-0.05, 0) is 10.8 Å². The third-order valence-corrected chi connectivity index (χ3v) is 1.72. The van der Waals surface area contributed by atoms with Gasteiger partial charge in [0.2, 0.25) is 0 Å². The molecule has 0 atom stereocenters. The minimum atomic E-state index is 0. The van der Waals surface area contributed by atoms with Crippen LogP contribution in [-0.2, 0) is 0 Å². The van der Waals surface area contributed by atoms with Crippen LogP contribution in [0, 0.1) is 0 Å². The Morgan fingerprint density at radius 2 is 1.50 bits per heavy atom. The molecule has 2 rings (SSSR count). The second-order valence-corrected chi connectivity index (χ2v) is 2.51. The monoisotopic (exact) mass is 166 g/mol. The molecule has 0 aliphatic heterocycles. The molecule has 0 radical (unpaired) electrons. The summed E-state index contributed by atoms with van der Waals surface area (Å²) in [7, 11) is 0. The van der Waals surface area contributed by atoms with Crippen LogP contribution in [0.1, 0.15) is 0 Å². The molecule has 0 amide bonds. The molecule has 0 aliphatic carbocycles. The third-order valence-electron chi connectivity index (χ3n) is 1.72. The zero-order valence-corrected chi connectivity index (χ0v) is 8.95. The van der Waals surface area contributed by atoms with Gasteiger partial charge in [-0.3, -0.25) is 0 Å². The van der Waals surface area contributed by atoms with Gasteiger partial charge in [-0.1, -0.05) is 42.5 Å². The van der Waals surface area contributed by atoms with Crippen LogP contribution >= 0.6 is 0 Å². The Balaban J connectivity index is 0.000000720. The van der Waals surface area contributed by atoms with E-state index in [-0.39, 0.29) is 35.3 Å². The molecule has 12 heavy (non-hydrogen) atoms. The molecular formula is C10H7NaO. The van der Waals surface area contributed by atoms with Crippen LogP contribution in [0.3, 0.4) is 0 Å². The zero-order chi connectivity index (χ0) is 7.68. The summed E-state index contributed by atoms with van der Waals surface area (Å²) in [6, 6.07) is 12.9. The van der Waals surface area contributed by atoms with Crippen molar-refractivity contribution >= 4 is 10.8 Å². The molecule has 0 saturated heterocycles. The second-order valence-electron chi connectivity index (χ2n) is 2.51.